The van der Waals surface area contributed by atoms with Crippen molar-refractivity contribution in [1.29, 1.82) is 0 Å². The summed E-state index contributed by atoms with van der Waals surface area (Å²) in [4.78, 5) is 40.1. The van der Waals surface area contributed by atoms with Crippen molar-refractivity contribution in [3.05, 3.63) is 101 Å². The van der Waals surface area contributed by atoms with Gasteiger partial charge in [-0.2, -0.15) is 0 Å². The summed E-state index contributed by atoms with van der Waals surface area (Å²) >= 11 is 3.41. The Hall–Kier alpha value is -5.03. The van der Waals surface area contributed by atoms with E-state index in [1.165, 1.54) is 11.2 Å². The summed E-state index contributed by atoms with van der Waals surface area (Å²) in [5.41, 5.74) is 3.71. The second-order valence-corrected chi connectivity index (χ2v) is 11.1. The fourth-order valence-electron chi connectivity index (χ4n) is 4.07. The lowest BCUT2D eigenvalue weighted by Gasteiger charge is -2.16. The molecule has 5 rings (SSSR count). The highest BCUT2D eigenvalue weighted by atomic mass is 79.9. The number of nitrogens with zero attached hydrogens (tertiary/aromatic N) is 4. The summed E-state index contributed by atoms with van der Waals surface area (Å²) in [6.45, 7) is 4.15. The first kappa shape index (κ1) is 29.5. The first-order valence-corrected chi connectivity index (χ1v) is 14.3. The van der Waals surface area contributed by atoms with Crippen molar-refractivity contribution < 1.29 is 14.3 Å². The average molecular weight is 641 g/mol. The van der Waals surface area contributed by atoms with E-state index >= 15 is 0 Å². The summed E-state index contributed by atoms with van der Waals surface area (Å²) < 4.78 is 7.15. The highest BCUT2D eigenvalue weighted by Crippen LogP contribution is 2.35. The molecular formula is C32H30BrN7O3. The van der Waals surface area contributed by atoms with E-state index in [2.05, 4.69) is 60.7 Å². The number of hydrogen-bond donors (Lipinski definition) is 3. The molecule has 0 atom stereocenters. The molecule has 0 unspecified atom stereocenters. The van der Waals surface area contributed by atoms with Gasteiger partial charge < -0.3 is 25.6 Å². The van der Waals surface area contributed by atoms with Gasteiger partial charge >= 0.3 is 6.03 Å². The molecule has 5 aromatic rings. The smallest absolute Gasteiger partial charge is 0.321 e. The van der Waals surface area contributed by atoms with Crippen LogP contribution in [-0.4, -0.2) is 45.9 Å². The van der Waals surface area contributed by atoms with Gasteiger partial charge in [-0.15, -0.1) is 0 Å². The Balaban J connectivity index is 1.47. The standard InChI is InChI=1S/C32H30BrN7O3/c1-19(2)26-15-14-25-29(38-26)34-18-35-30(25)39-27-17-20(31(41)36-22-8-6-21(33)7-9-22)5-16-28(27)43-24-12-10-23(11-13-24)37-32(42)40(3)4/h5-19H,1-4H3,(H,36,41)(H,37,42)(H,34,35,38,39). The van der Waals surface area contributed by atoms with Gasteiger partial charge in [-0.3, -0.25) is 4.79 Å². The van der Waals surface area contributed by atoms with Crippen molar-refractivity contribution >= 4 is 61.8 Å². The molecule has 3 N–H and O–H groups in total. The van der Waals surface area contributed by atoms with Gasteiger partial charge in [-0.05, 0) is 84.8 Å². The molecule has 2 heterocycles. The highest BCUT2D eigenvalue weighted by molar-refractivity contribution is 9.10. The van der Waals surface area contributed by atoms with Crippen LogP contribution in [0.4, 0.5) is 27.7 Å². The predicted molar refractivity (Wildman–Crippen MR) is 172 cm³/mol. The maximum atomic E-state index is 13.2. The third-order valence-electron chi connectivity index (χ3n) is 6.45. The topological polar surface area (TPSA) is 121 Å². The molecule has 0 aliphatic heterocycles. The molecule has 0 radical (unpaired) electrons. The number of amides is 3. The molecule has 0 aliphatic rings. The molecule has 0 saturated heterocycles. The van der Waals surface area contributed by atoms with E-state index in [1.807, 2.05) is 36.4 Å². The average Bonchev–Trinajstić information content (AvgIpc) is 2.99. The molecule has 11 heteroatoms. The molecule has 2 aromatic heterocycles. The number of aromatic nitrogens is 3. The Kier molecular flexibility index (Phi) is 8.82. The number of benzene rings is 3. The lowest BCUT2D eigenvalue weighted by molar-refractivity contribution is 0.102. The Morgan fingerprint density at radius 3 is 2.26 bits per heavy atom. The van der Waals surface area contributed by atoms with Crippen molar-refractivity contribution in [2.75, 3.05) is 30.0 Å². The van der Waals surface area contributed by atoms with Crippen LogP contribution in [0.1, 0.15) is 35.8 Å². The summed E-state index contributed by atoms with van der Waals surface area (Å²) in [7, 11) is 3.34. The van der Waals surface area contributed by atoms with Crippen molar-refractivity contribution in [3.8, 4) is 11.5 Å². The van der Waals surface area contributed by atoms with Gasteiger partial charge in [0.05, 0.1) is 11.1 Å². The Bertz CT molecular complexity index is 1780. The number of fused-ring (bicyclic) bond motifs is 1. The molecule has 0 spiro atoms. The maximum Gasteiger partial charge on any atom is 0.321 e. The lowest BCUT2D eigenvalue weighted by atomic mass is 10.1. The second-order valence-electron chi connectivity index (χ2n) is 10.2. The molecule has 10 nitrogen and oxygen atoms in total. The third-order valence-corrected chi connectivity index (χ3v) is 6.98. The SMILES string of the molecule is CC(C)c1ccc2c(Nc3cc(C(=O)Nc4ccc(Br)cc4)ccc3Oc3ccc(NC(=O)N(C)C)cc3)ncnc2n1. The normalized spacial score (nSPS) is 10.8. The fourth-order valence-corrected chi connectivity index (χ4v) is 4.33. The van der Waals surface area contributed by atoms with Gasteiger partial charge in [0.2, 0.25) is 0 Å². The van der Waals surface area contributed by atoms with Crippen molar-refractivity contribution in [1.82, 2.24) is 19.9 Å². The monoisotopic (exact) mass is 639 g/mol. The van der Waals surface area contributed by atoms with Crippen LogP contribution in [0.5, 0.6) is 11.5 Å². The van der Waals surface area contributed by atoms with Crippen molar-refractivity contribution in [3.63, 3.8) is 0 Å². The first-order valence-electron chi connectivity index (χ1n) is 13.5. The van der Waals surface area contributed by atoms with E-state index in [0.717, 1.165) is 15.6 Å². The Morgan fingerprint density at radius 1 is 0.860 bits per heavy atom. The molecule has 0 aliphatic carbocycles. The number of carbonyl (C=O) groups excluding carboxylic acids is 2. The first-order chi connectivity index (χ1) is 20.7. The summed E-state index contributed by atoms with van der Waals surface area (Å²) in [6.07, 6.45) is 1.45. The number of anilines is 4. The minimum atomic E-state index is -0.284. The number of pyridine rings is 1. The van der Waals surface area contributed by atoms with Crippen LogP contribution in [-0.2, 0) is 0 Å². The lowest BCUT2D eigenvalue weighted by Crippen LogP contribution is -2.27. The van der Waals surface area contributed by atoms with Gasteiger partial charge in [0.15, 0.2) is 11.4 Å². The van der Waals surface area contributed by atoms with Gasteiger partial charge in [0, 0.05) is 41.2 Å². The van der Waals surface area contributed by atoms with Crippen LogP contribution in [0.2, 0.25) is 0 Å². The van der Waals surface area contributed by atoms with Gasteiger partial charge in [0.1, 0.15) is 17.9 Å². The molecular weight excluding hydrogens is 610 g/mol. The van der Waals surface area contributed by atoms with Crippen LogP contribution < -0.4 is 20.7 Å². The zero-order valence-corrected chi connectivity index (χ0v) is 25.6. The third kappa shape index (κ3) is 7.25. The van der Waals surface area contributed by atoms with Crippen LogP contribution in [0.3, 0.4) is 0 Å². The highest BCUT2D eigenvalue weighted by Gasteiger charge is 2.15. The van der Waals surface area contributed by atoms with E-state index in [1.54, 1.807) is 56.6 Å². The largest absolute Gasteiger partial charge is 0.455 e. The number of carbonyl (C=O) groups is 2. The maximum absolute atomic E-state index is 13.2. The molecule has 3 aromatic carbocycles. The zero-order valence-electron chi connectivity index (χ0n) is 24.1. The molecule has 218 valence electrons. The molecule has 43 heavy (non-hydrogen) atoms. The van der Waals surface area contributed by atoms with Crippen LogP contribution in [0, 0.1) is 0 Å². The van der Waals surface area contributed by atoms with E-state index < -0.39 is 0 Å². The molecule has 0 fully saturated rings. The number of hydrogen-bond acceptors (Lipinski definition) is 7. The van der Waals surface area contributed by atoms with E-state index in [0.29, 0.717) is 45.6 Å². The fraction of sp³-hybridized carbons (Fsp3) is 0.156. The minimum Gasteiger partial charge on any atom is -0.455 e. The Labute approximate surface area is 257 Å². The molecule has 3 amide bonds. The van der Waals surface area contributed by atoms with E-state index in [4.69, 9.17) is 4.74 Å². The van der Waals surface area contributed by atoms with Gasteiger partial charge in [-0.1, -0.05) is 29.8 Å². The predicted octanol–water partition coefficient (Wildman–Crippen LogP) is 7.79. The number of halogens is 1. The number of rotatable bonds is 8. The molecule has 0 saturated carbocycles. The molecule has 0 bridgehead atoms. The van der Waals surface area contributed by atoms with E-state index in [-0.39, 0.29) is 17.9 Å². The second kappa shape index (κ2) is 12.9. The van der Waals surface area contributed by atoms with Crippen LogP contribution in [0.25, 0.3) is 11.0 Å². The minimum absolute atomic E-state index is 0.232. The Morgan fingerprint density at radius 2 is 1.56 bits per heavy atom. The summed E-state index contributed by atoms with van der Waals surface area (Å²) in [5.74, 6) is 1.48. The van der Waals surface area contributed by atoms with Crippen molar-refractivity contribution in [2.24, 2.45) is 0 Å². The van der Waals surface area contributed by atoms with Crippen molar-refractivity contribution in [2.45, 2.75) is 19.8 Å². The number of nitrogens with one attached hydrogen (secondary N) is 3. The zero-order chi connectivity index (χ0) is 30.5. The summed E-state index contributed by atoms with van der Waals surface area (Å²) in [6, 6.07) is 23.1. The summed E-state index contributed by atoms with van der Waals surface area (Å²) in [5, 5.41) is 9.78. The van der Waals surface area contributed by atoms with Gasteiger partial charge in [-0.25, -0.2) is 19.7 Å². The number of ether oxygens (including phenoxy) is 1. The van der Waals surface area contributed by atoms with E-state index in [9.17, 15) is 9.59 Å². The van der Waals surface area contributed by atoms with Crippen LogP contribution >= 0.6 is 15.9 Å². The van der Waals surface area contributed by atoms with Gasteiger partial charge in [0.25, 0.3) is 5.91 Å². The number of urea groups is 1. The van der Waals surface area contributed by atoms with Crippen LogP contribution in [0.15, 0.2) is 89.7 Å². The quantitative estimate of drug-likeness (QED) is 0.158.